The van der Waals surface area contributed by atoms with Crippen LogP contribution in [0.4, 0.5) is 0 Å². The molecule has 0 spiro atoms. The summed E-state index contributed by atoms with van der Waals surface area (Å²) >= 11 is 0. The van der Waals surface area contributed by atoms with Crippen molar-refractivity contribution in [1.29, 1.82) is 0 Å². The third kappa shape index (κ3) is 4.16. The molecule has 1 aromatic heterocycles. The molecule has 0 bridgehead atoms. The van der Waals surface area contributed by atoms with Crippen molar-refractivity contribution in [2.45, 2.75) is 26.6 Å². The van der Waals surface area contributed by atoms with E-state index in [-0.39, 0.29) is 0 Å². The Morgan fingerprint density at radius 1 is 1.00 bits per heavy atom. The first-order valence-corrected chi connectivity index (χ1v) is 6.54. The third-order valence-electron chi connectivity index (χ3n) is 3.10. The first-order valence-electron chi connectivity index (χ1n) is 6.54. The maximum atomic E-state index is 5.60. The van der Waals surface area contributed by atoms with Gasteiger partial charge in [-0.15, -0.1) is 0 Å². The van der Waals surface area contributed by atoms with Gasteiger partial charge in [0.1, 0.15) is 0 Å². The molecule has 0 aliphatic carbocycles. The monoisotopic (exact) mass is 255 g/mol. The van der Waals surface area contributed by atoms with E-state index in [0.29, 0.717) is 6.54 Å². The summed E-state index contributed by atoms with van der Waals surface area (Å²) < 4.78 is 0. The molecule has 0 unspecified atom stereocenters. The molecule has 19 heavy (non-hydrogen) atoms. The molecule has 2 aromatic rings. The average Bonchev–Trinajstić information content (AvgIpc) is 2.39. The van der Waals surface area contributed by atoms with E-state index >= 15 is 0 Å². The molecule has 0 atom stereocenters. The zero-order valence-corrected chi connectivity index (χ0v) is 11.6. The second-order valence-electron chi connectivity index (χ2n) is 5.06. The number of rotatable bonds is 5. The van der Waals surface area contributed by atoms with Gasteiger partial charge in [0.15, 0.2) is 0 Å². The molecule has 1 heterocycles. The van der Waals surface area contributed by atoms with Gasteiger partial charge in [0.25, 0.3) is 0 Å². The predicted octanol–water partition coefficient (Wildman–Crippen LogP) is 2.48. The summed E-state index contributed by atoms with van der Waals surface area (Å²) in [6.07, 6.45) is 3.82. The van der Waals surface area contributed by atoms with E-state index in [2.05, 4.69) is 54.2 Å². The van der Waals surface area contributed by atoms with Crippen LogP contribution in [-0.4, -0.2) is 16.9 Å². The Kier molecular flexibility index (Phi) is 4.66. The van der Waals surface area contributed by atoms with Crippen molar-refractivity contribution in [3.8, 4) is 0 Å². The topological polar surface area (TPSA) is 42.2 Å². The van der Waals surface area contributed by atoms with Crippen molar-refractivity contribution in [2.24, 2.45) is 5.73 Å². The average molecular weight is 255 g/mol. The van der Waals surface area contributed by atoms with Crippen LogP contribution in [0.5, 0.6) is 0 Å². The largest absolute Gasteiger partial charge is 0.326 e. The molecular weight excluding hydrogens is 234 g/mol. The molecule has 3 heteroatoms. The molecule has 1 aromatic carbocycles. The van der Waals surface area contributed by atoms with E-state index in [1.165, 1.54) is 22.3 Å². The van der Waals surface area contributed by atoms with Crippen LogP contribution in [0.3, 0.4) is 0 Å². The molecule has 100 valence electrons. The van der Waals surface area contributed by atoms with Gasteiger partial charge in [-0.25, -0.2) is 0 Å². The highest BCUT2D eigenvalue weighted by atomic mass is 15.1. The standard InChI is InChI=1S/C16H21N3/c1-13-7-16(10-18-9-13)12-19(2)11-15-5-3-14(8-17)4-6-15/h3-7,9-10H,8,11-12,17H2,1-2H3. The number of pyridine rings is 1. The van der Waals surface area contributed by atoms with Crippen LogP contribution in [0.25, 0.3) is 0 Å². The number of aromatic nitrogens is 1. The smallest absolute Gasteiger partial charge is 0.0313 e. The maximum absolute atomic E-state index is 5.60. The van der Waals surface area contributed by atoms with Gasteiger partial charge in [-0.05, 0) is 36.2 Å². The first kappa shape index (κ1) is 13.7. The van der Waals surface area contributed by atoms with E-state index in [1.54, 1.807) is 0 Å². The number of aryl methyl sites for hydroxylation is 1. The Morgan fingerprint density at radius 2 is 1.63 bits per heavy atom. The van der Waals surface area contributed by atoms with Crippen LogP contribution in [0.1, 0.15) is 22.3 Å². The molecule has 0 radical (unpaired) electrons. The molecule has 2 N–H and O–H groups in total. The van der Waals surface area contributed by atoms with Crippen molar-refractivity contribution in [1.82, 2.24) is 9.88 Å². The van der Waals surface area contributed by atoms with Crippen LogP contribution < -0.4 is 5.73 Å². The summed E-state index contributed by atoms with van der Waals surface area (Å²) in [4.78, 5) is 6.51. The van der Waals surface area contributed by atoms with Gasteiger partial charge < -0.3 is 5.73 Å². The van der Waals surface area contributed by atoms with Gasteiger partial charge in [-0.3, -0.25) is 9.88 Å². The quantitative estimate of drug-likeness (QED) is 0.892. The highest BCUT2D eigenvalue weighted by Crippen LogP contribution is 2.10. The Morgan fingerprint density at radius 3 is 2.26 bits per heavy atom. The molecule has 2 rings (SSSR count). The molecule has 0 aliphatic rings. The number of nitrogens with zero attached hydrogens (tertiary/aromatic N) is 2. The first-order chi connectivity index (χ1) is 9.17. The summed E-state index contributed by atoms with van der Waals surface area (Å²) in [5, 5.41) is 0. The number of benzene rings is 1. The van der Waals surface area contributed by atoms with Crippen LogP contribution in [0.15, 0.2) is 42.7 Å². The van der Waals surface area contributed by atoms with Crippen LogP contribution in [0.2, 0.25) is 0 Å². The van der Waals surface area contributed by atoms with Gasteiger partial charge in [0, 0.05) is 32.0 Å². The molecular formula is C16H21N3. The fourth-order valence-corrected chi connectivity index (χ4v) is 2.16. The summed E-state index contributed by atoms with van der Waals surface area (Å²) in [5.74, 6) is 0. The van der Waals surface area contributed by atoms with Crippen LogP contribution in [-0.2, 0) is 19.6 Å². The Hall–Kier alpha value is -1.71. The van der Waals surface area contributed by atoms with E-state index in [1.807, 2.05) is 12.4 Å². The lowest BCUT2D eigenvalue weighted by molar-refractivity contribution is 0.318. The van der Waals surface area contributed by atoms with Gasteiger partial charge in [0.05, 0.1) is 0 Å². The molecule has 0 saturated carbocycles. The van der Waals surface area contributed by atoms with Crippen LogP contribution >= 0.6 is 0 Å². The fourth-order valence-electron chi connectivity index (χ4n) is 2.16. The number of hydrogen-bond donors (Lipinski definition) is 1. The van der Waals surface area contributed by atoms with Gasteiger partial charge >= 0.3 is 0 Å². The fraction of sp³-hybridized carbons (Fsp3) is 0.312. The SMILES string of the molecule is Cc1cncc(CN(C)Cc2ccc(CN)cc2)c1. The lowest BCUT2D eigenvalue weighted by Gasteiger charge is -2.17. The summed E-state index contributed by atoms with van der Waals surface area (Å²) in [7, 11) is 2.12. The van der Waals surface area contributed by atoms with E-state index in [0.717, 1.165) is 13.1 Å². The Bertz CT molecular complexity index is 520. The van der Waals surface area contributed by atoms with Gasteiger partial charge in [0.2, 0.25) is 0 Å². The predicted molar refractivity (Wildman–Crippen MR) is 78.5 cm³/mol. The minimum Gasteiger partial charge on any atom is -0.326 e. The van der Waals surface area contributed by atoms with Gasteiger partial charge in [-0.2, -0.15) is 0 Å². The normalized spacial score (nSPS) is 10.9. The maximum Gasteiger partial charge on any atom is 0.0313 e. The highest BCUT2D eigenvalue weighted by molar-refractivity contribution is 5.22. The second kappa shape index (κ2) is 6.45. The Labute approximate surface area is 115 Å². The number of hydrogen-bond acceptors (Lipinski definition) is 3. The Balaban J connectivity index is 1.95. The summed E-state index contributed by atoms with van der Waals surface area (Å²) in [5.41, 5.74) is 10.5. The lowest BCUT2D eigenvalue weighted by atomic mass is 10.1. The molecule has 0 amide bonds. The van der Waals surface area contributed by atoms with E-state index in [4.69, 9.17) is 5.73 Å². The number of nitrogens with two attached hydrogens (primary N) is 1. The molecule has 0 saturated heterocycles. The highest BCUT2D eigenvalue weighted by Gasteiger charge is 2.02. The second-order valence-corrected chi connectivity index (χ2v) is 5.06. The van der Waals surface area contributed by atoms with Crippen molar-refractivity contribution < 1.29 is 0 Å². The molecule has 0 aliphatic heterocycles. The zero-order valence-electron chi connectivity index (χ0n) is 11.6. The minimum absolute atomic E-state index is 0.602. The van der Waals surface area contributed by atoms with Crippen molar-refractivity contribution in [2.75, 3.05) is 7.05 Å². The van der Waals surface area contributed by atoms with Crippen LogP contribution in [0, 0.1) is 6.92 Å². The van der Waals surface area contributed by atoms with E-state index in [9.17, 15) is 0 Å². The van der Waals surface area contributed by atoms with Crippen molar-refractivity contribution in [3.63, 3.8) is 0 Å². The van der Waals surface area contributed by atoms with Crippen molar-refractivity contribution in [3.05, 3.63) is 65.0 Å². The lowest BCUT2D eigenvalue weighted by Crippen LogP contribution is -2.17. The summed E-state index contributed by atoms with van der Waals surface area (Å²) in [6.45, 7) is 4.51. The zero-order chi connectivity index (χ0) is 13.7. The third-order valence-corrected chi connectivity index (χ3v) is 3.10. The molecule has 0 fully saturated rings. The van der Waals surface area contributed by atoms with Crippen molar-refractivity contribution >= 4 is 0 Å². The minimum atomic E-state index is 0.602. The van der Waals surface area contributed by atoms with E-state index < -0.39 is 0 Å². The van der Waals surface area contributed by atoms with Gasteiger partial charge in [-0.1, -0.05) is 30.3 Å². The summed E-state index contributed by atoms with van der Waals surface area (Å²) in [6, 6.07) is 10.7. The molecule has 3 nitrogen and oxygen atoms in total.